The number of nitrogens with zero attached hydrogens (tertiary/aromatic N) is 1. The van der Waals surface area contributed by atoms with E-state index in [0.717, 1.165) is 6.42 Å². The van der Waals surface area contributed by atoms with Crippen LogP contribution in [0.1, 0.15) is 26.7 Å². The summed E-state index contributed by atoms with van der Waals surface area (Å²) in [6, 6.07) is 0. The van der Waals surface area contributed by atoms with E-state index in [2.05, 4.69) is 0 Å². The molecule has 2 unspecified atom stereocenters. The van der Waals surface area contributed by atoms with E-state index in [1.54, 1.807) is 7.05 Å². The number of likely N-dealkylation sites (tertiary alicyclic amines) is 1. The zero-order valence-corrected chi connectivity index (χ0v) is 7.83. The van der Waals surface area contributed by atoms with Gasteiger partial charge in [0.05, 0.1) is 0 Å². The zero-order valence-electron chi connectivity index (χ0n) is 7.83. The third-order valence-electron chi connectivity index (χ3n) is 2.75. The Bertz CT molecular complexity index is 213. The number of hydrogen-bond acceptors (Lipinski definition) is 2. The average Bonchev–Trinajstić information content (AvgIpc) is 2.32. The van der Waals surface area contributed by atoms with Gasteiger partial charge in [0.15, 0.2) is 0 Å². The molecule has 0 aromatic rings. The van der Waals surface area contributed by atoms with E-state index in [9.17, 15) is 9.59 Å². The molecular weight excluding hydrogens is 154 g/mol. The maximum absolute atomic E-state index is 11.4. The van der Waals surface area contributed by atoms with Crippen molar-refractivity contribution in [3.8, 4) is 0 Å². The van der Waals surface area contributed by atoms with Crippen LogP contribution in [0.5, 0.6) is 0 Å². The van der Waals surface area contributed by atoms with Crippen LogP contribution in [0.4, 0.5) is 0 Å². The highest BCUT2D eigenvalue weighted by molar-refractivity contribution is 6.03. The molecule has 0 spiro atoms. The summed E-state index contributed by atoms with van der Waals surface area (Å²) in [5, 5.41) is 0. The first-order valence-electron chi connectivity index (χ1n) is 4.38. The highest BCUT2D eigenvalue weighted by atomic mass is 16.2. The Morgan fingerprint density at radius 1 is 1.58 bits per heavy atom. The molecule has 1 aliphatic heterocycles. The van der Waals surface area contributed by atoms with Crippen LogP contribution in [0.2, 0.25) is 0 Å². The van der Waals surface area contributed by atoms with E-state index in [1.807, 2.05) is 13.8 Å². The van der Waals surface area contributed by atoms with Gasteiger partial charge in [-0.05, 0) is 5.92 Å². The van der Waals surface area contributed by atoms with Crippen molar-refractivity contribution in [3.63, 3.8) is 0 Å². The molecule has 2 atom stereocenters. The van der Waals surface area contributed by atoms with Gasteiger partial charge in [0, 0.05) is 19.4 Å². The zero-order chi connectivity index (χ0) is 9.30. The van der Waals surface area contributed by atoms with E-state index in [4.69, 9.17) is 0 Å². The fourth-order valence-corrected chi connectivity index (χ4v) is 1.51. The smallest absolute Gasteiger partial charge is 0.232 e. The lowest BCUT2D eigenvalue weighted by atomic mass is 9.90. The van der Waals surface area contributed by atoms with Gasteiger partial charge >= 0.3 is 0 Å². The molecule has 0 aromatic carbocycles. The minimum Gasteiger partial charge on any atom is -0.285 e. The van der Waals surface area contributed by atoms with Crippen molar-refractivity contribution in [3.05, 3.63) is 0 Å². The molecule has 1 heterocycles. The molecule has 0 N–H and O–H groups in total. The number of carbonyl (C=O) groups excluding carboxylic acids is 2. The molecule has 68 valence electrons. The minimum absolute atomic E-state index is 0.00523. The summed E-state index contributed by atoms with van der Waals surface area (Å²) >= 11 is 0. The van der Waals surface area contributed by atoms with Gasteiger partial charge in [-0.1, -0.05) is 20.3 Å². The predicted molar refractivity (Wildman–Crippen MR) is 45.3 cm³/mol. The molecule has 1 fully saturated rings. The molecule has 0 aliphatic carbocycles. The predicted octanol–water partition coefficient (Wildman–Crippen LogP) is 1.04. The lowest BCUT2D eigenvalue weighted by molar-refractivity contribution is -0.138. The van der Waals surface area contributed by atoms with Crippen molar-refractivity contribution in [2.45, 2.75) is 26.7 Å². The van der Waals surface area contributed by atoms with Gasteiger partial charge < -0.3 is 0 Å². The fraction of sp³-hybridized carbons (Fsp3) is 0.778. The van der Waals surface area contributed by atoms with Crippen LogP contribution in [-0.2, 0) is 9.59 Å². The first-order chi connectivity index (χ1) is 5.57. The lowest BCUT2D eigenvalue weighted by Crippen LogP contribution is -2.27. The second-order valence-corrected chi connectivity index (χ2v) is 3.49. The Labute approximate surface area is 72.7 Å². The summed E-state index contributed by atoms with van der Waals surface area (Å²) in [4.78, 5) is 23.8. The van der Waals surface area contributed by atoms with E-state index >= 15 is 0 Å². The van der Waals surface area contributed by atoms with Crippen LogP contribution in [0, 0.1) is 11.8 Å². The average molecular weight is 169 g/mol. The van der Waals surface area contributed by atoms with Crippen molar-refractivity contribution in [2.24, 2.45) is 11.8 Å². The van der Waals surface area contributed by atoms with E-state index in [-0.39, 0.29) is 17.7 Å². The molecule has 0 saturated carbocycles. The largest absolute Gasteiger partial charge is 0.285 e. The topological polar surface area (TPSA) is 37.4 Å². The second kappa shape index (κ2) is 3.25. The Hall–Kier alpha value is -0.860. The SMILES string of the molecule is CCC(C)C1CC(=O)N(C)C1=O. The van der Waals surface area contributed by atoms with E-state index < -0.39 is 0 Å². The first kappa shape index (κ1) is 9.23. The minimum atomic E-state index is -0.0625. The summed E-state index contributed by atoms with van der Waals surface area (Å²) in [5.41, 5.74) is 0. The van der Waals surface area contributed by atoms with Gasteiger partial charge in [-0.2, -0.15) is 0 Å². The van der Waals surface area contributed by atoms with Gasteiger partial charge in [0.1, 0.15) is 0 Å². The second-order valence-electron chi connectivity index (χ2n) is 3.49. The molecule has 12 heavy (non-hydrogen) atoms. The molecular formula is C9H15NO2. The molecule has 0 aromatic heterocycles. The van der Waals surface area contributed by atoms with Crippen LogP contribution in [0.3, 0.4) is 0 Å². The van der Waals surface area contributed by atoms with Crippen molar-refractivity contribution in [1.82, 2.24) is 4.90 Å². The summed E-state index contributed by atoms with van der Waals surface area (Å²) < 4.78 is 0. The van der Waals surface area contributed by atoms with Crippen molar-refractivity contribution < 1.29 is 9.59 Å². The van der Waals surface area contributed by atoms with Crippen LogP contribution in [0.15, 0.2) is 0 Å². The van der Waals surface area contributed by atoms with Gasteiger partial charge in [-0.15, -0.1) is 0 Å². The third kappa shape index (κ3) is 1.36. The molecule has 3 heteroatoms. The third-order valence-corrected chi connectivity index (χ3v) is 2.75. The van der Waals surface area contributed by atoms with Gasteiger partial charge in [-0.3, -0.25) is 14.5 Å². The highest BCUT2D eigenvalue weighted by Gasteiger charge is 2.38. The quantitative estimate of drug-likeness (QED) is 0.579. The number of hydrogen-bond donors (Lipinski definition) is 0. The van der Waals surface area contributed by atoms with Crippen molar-refractivity contribution in [1.29, 1.82) is 0 Å². The lowest BCUT2D eigenvalue weighted by Gasteiger charge is -2.14. The maximum Gasteiger partial charge on any atom is 0.232 e. The monoisotopic (exact) mass is 169 g/mol. The summed E-state index contributed by atoms with van der Waals surface area (Å²) in [5.74, 6) is 0.221. The van der Waals surface area contributed by atoms with Crippen LogP contribution >= 0.6 is 0 Å². The summed E-state index contributed by atoms with van der Waals surface area (Å²) in [6.45, 7) is 4.07. The Morgan fingerprint density at radius 3 is 2.50 bits per heavy atom. The molecule has 2 amide bonds. The van der Waals surface area contributed by atoms with Gasteiger partial charge in [0.2, 0.25) is 11.8 Å². The van der Waals surface area contributed by atoms with Crippen LogP contribution < -0.4 is 0 Å². The Morgan fingerprint density at radius 2 is 2.17 bits per heavy atom. The molecule has 0 radical (unpaired) electrons. The molecule has 1 rings (SSSR count). The number of amides is 2. The van der Waals surface area contributed by atoms with Gasteiger partial charge in [0.25, 0.3) is 0 Å². The fourth-order valence-electron chi connectivity index (χ4n) is 1.51. The van der Waals surface area contributed by atoms with Crippen molar-refractivity contribution >= 4 is 11.8 Å². The van der Waals surface area contributed by atoms with Gasteiger partial charge in [-0.25, -0.2) is 0 Å². The molecule has 1 saturated heterocycles. The number of rotatable bonds is 2. The molecule has 0 bridgehead atoms. The standard InChI is InChI=1S/C9H15NO2/c1-4-6(2)7-5-8(11)10(3)9(7)12/h6-7H,4-5H2,1-3H3. The first-order valence-corrected chi connectivity index (χ1v) is 4.38. The molecule has 3 nitrogen and oxygen atoms in total. The van der Waals surface area contributed by atoms with Crippen LogP contribution in [0.25, 0.3) is 0 Å². The van der Waals surface area contributed by atoms with Crippen molar-refractivity contribution in [2.75, 3.05) is 7.05 Å². The normalized spacial score (nSPS) is 26.6. The maximum atomic E-state index is 11.4. The summed E-state index contributed by atoms with van der Waals surface area (Å²) in [6.07, 6.45) is 1.36. The van der Waals surface area contributed by atoms with Crippen LogP contribution in [-0.4, -0.2) is 23.8 Å². The number of imide groups is 1. The highest BCUT2D eigenvalue weighted by Crippen LogP contribution is 2.27. The number of carbonyl (C=O) groups is 2. The van der Waals surface area contributed by atoms with E-state index in [0.29, 0.717) is 12.3 Å². The Balaban J connectivity index is 2.71. The Kier molecular flexibility index (Phi) is 2.50. The van der Waals surface area contributed by atoms with E-state index in [1.165, 1.54) is 4.90 Å². The summed E-state index contributed by atoms with van der Waals surface area (Å²) in [7, 11) is 1.56. The molecule has 1 aliphatic rings.